The number of rotatable bonds is 6. The van der Waals surface area contributed by atoms with Crippen molar-refractivity contribution >= 4 is 0 Å². The van der Waals surface area contributed by atoms with E-state index in [0.717, 1.165) is 31.0 Å². The maximum atomic E-state index is 5.40. The van der Waals surface area contributed by atoms with Gasteiger partial charge in [0.25, 0.3) is 0 Å². The van der Waals surface area contributed by atoms with Gasteiger partial charge in [0.1, 0.15) is 0 Å². The van der Waals surface area contributed by atoms with Crippen molar-refractivity contribution in [1.82, 2.24) is 15.1 Å². The van der Waals surface area contributed by atoms with Crippen LogP contribution in [-0.4, -0.2) is 23.1 Å². The predicted molar refractivity (Wildman–Crippen MR) is 75.8 cm³/mol. The molecular weight excluding hydrogens is 254 g/mol. The van der Waals surface area contributed by atoms with Gasteiger partial charge in [0.2, 0.25) is 6.79 Å². The van der Waals surface area contributed by atoms with E-state index in [-0.39, 0.29) is 0 Å². The van der Waals surface area contributed by atoms with E-state index in [2.05, 4.69) is 23.4 Å². The Hall–Kier alpha value is -2.01. The molecule has 0 bridgehead atoms. The zero-order chi connectivity index (χ0) is 13.8. The van der Waals surface area contributed by atoms with Gasteiger partial charge in [-0.15, -0.1) is 0 Å². The Labute approximate surface area is 118 Å². The van der Waals surface area contributed by atoms with E-state index < -0.39 is 0 Å². The monoisotopic (exact) mass is 273 g/mol. The minimum atomic E-state index is 0.294. The molecule has 2 aromatic rings. The van der Waals surface area contributed by atoms with Crippen LogP contribution in [0.5, 0.6) is 11.5 Å². The van der Waals surface area contributed by atoms with E-state index in [9.17, 15) is 0 Å². The third kappa shape index (κ3) is 2.93. The van der Waals surface area contributed by atoms with Crippen molar-refractivity contribution in [3.8, 4) is 11.5 Å². The number of benzene rings is 1. The van der Waals surface area contributed by atoms with Crippen LogP contribution in [0.4, 0.5) is 0 Å². The summed E-state index contributed by atoms with van der Waals surface area (Å²) in [6, 6.07) is 8.34. The Bertz CT molecular complexity index is 554. The van der Waals surface area contributed by atoms with Crippen LogP contribution in [0.1, 0.15) is 24.9 Å². The van der Waals surface area contributed by atoms with E-state index in [0.29, 0.717) is 12.8 Å². The summed E-state index contributed by atoms with van der Waals surface area (Å²) in [4.78, 5) is 0. The van der Waals surface area contributed by atoms with Crippen molar-refractivity contribution in [3.63, 3.8) is 0 Å². The molecule has 3 rings (SSSR count). The van der Waals surface area contributed by atoms with Gasteiger partial charge in [-0.1, -0.05) is 6.07 Å². The summed E-state index contributed by atoms with van der Waals surface area (Å²) in [5, 5.41) is 7.70. The highest BCUT2D eigenvalue weighted by Gasteiger charge is 2.15. The van der Waals surface area contributed by atoms with Crippen LogP contribution in [0, 0.1) is 0 Å². The Morgan fingerprint density at radius 2 is 2.25 bits per heavy atom. The van der Waals surface area contributed by atoms with Crippen molar-refractivity contribution in [2.75, 3.05) is 13.3 Å². The third-order valence-corrected chi connectivity index (χ3v) is 3.47. The van der Waals surface area contributed by atoms with Gasteiger partial charge < -0.3 is 14.8 Å². The molecule has 0 spiro atoms. The van der Waals surface area contributed by atoms with Gasteiger partial charge >= 0.3 is 0 Å². The standard InChI is InChI=1S/C15H19N3O2/c1-12(16-6-2-8-18-9-3-7-17-18)13-4-5-14-15(10-13)20-11-19-14/h3-5,7,9-10,12,16H,2,6,8,11H2,1H3/t12-/m0/s1. The topological polar surface area (TPSA) is 48.3 Å². The first-order valence-corrected chi connectivity index (χ1v) is 6.93. The fourth-order valence-electron chi connectivity index (χ4n) is 2.29. The summed E-state index contributed by atoms with van der Waals surface area (Å²) in [6.07, 6.45) is 4.85. The average molecular weight is 273 g/mol. The van der Waals surface area contributed by atoms with E-state index >= 15 is 0 Å². The van der Waals surface area contributed by atoms with E-state index in [1.807, 2.05) is 35.3 Å². The normalized spacial score (nSPS) is 14.4. The quantitative estimate of drug-likeness (QED) is 0.821. The lowest BCUT2D eigenvalue weighted by Crippen LogP contribution is -2.21. The lowest BCUT2D eigenvalue weighted by molar-refractivity contribution is 0.174. The Balaban J connectivity index is 1.48. The highest BCUT2D eigenvalue weighted by molar-refractivity contribution is 5.45. The van der Waals surface area contributed by atoms with Crippen LogP contribution < -0.4 is 14.8 Å². The summed E-state index contributed by atoms with van der Waals surface area (Å²) >= 11 is 0. The molecule has 5 heteroatoms. The molecule has 106 valence electrons. The lowest BCUT2D eigenvalue weighted by atomic mass is 10.1. The molecule has 1 aliphatic heterocycles. The molecule has 1 atom stereocenters. The molecule has 1 aromatic heterocycles. The highest BCUT2D eigenvalue weighted by atomic mass is 16.7. The van der Waals surface area contributed by atoms with E-state index in [1.54, 1.807) is 0 Å². The van der Waals surface area contributed by atoms with Crippen LogP contribution in [-0.2, 0) is 6.54 Å². The first-order valence-electron chi connectivity index (χ1n) is 6.93. The maximum Gasteiger partial charge on any atom is 0.231 e. The zero-order valence-electron chi connectivity index (χ0n) is 11.6. The second-order valence-corrected chi connectivity index (χ2v) is 4.91. The molecule has 0 amide bonds. The Kier molecular flexibility index (Phi) is 3.87. The van der Waals surface area contributed by atoms with Crippen LogP contribution in [0.15, 0.2) is 36.7 Å². The first-order chi connectivity index (χ1) is 9.83. The Morgan fingerprint density at radius 1 is 1.35 bits per heavy atom. The highest BCUT2D eigenvalue weighted by Crippen LogP contribution is 2.34. The molecule has 0 unspecified atom stereocenters. The number of hydrogen-bond donors (Lipinski definition) is 1. The molecule has 0 saturated heterocycles. The number of aryl methyl sites for hydroxylation is 1. The third-order valence-electron chi connectivity index (χ3n) is 3.47. The van der Waals surface area contributed by atoms with Gasteiger partial charge in [-0.25, -0.2) is 0 Å². The van der Waals surface area contributed by atoms with Crippen LogP contribution >= 0.6 is 0 Å². The molecule has 5 nitrogen and oxygen atoms in total. The molecule has 20 heavy (non-hydrogen) atoms. The van der Waals surface area contributed by atoms with Crippen molar-refractivity contribution in [2.24, 2.45) is 0 Å². The maximum absolute atomic E-state index is 5.40. The largest absolute Gasteiger partial charge is 0.454 e. The second kappa shape index (κ2) is 5.96. The smallest absolute Gasteiger partial charge is 0.231 e. The van der Waals surface area contributed by atoms with E-state index in [1.165, 1.54) is 5.56 Å². The molecule has 0 aliphatic carbocycles. The average Bonchev–Trinajstić information content (AvgIpc) is 3.13. The number of fused-ring (bicyclic) bond motifs is 1. The van der Waals surface area contributed by atoms with Crippen molar-refractivity contribution in [2.45, 2.75) is 25.9 Å². The van der Waals surface area contributed by atoms with Gasteiger partial charge in [0, 0.05) is 25.0 Å². The minimum absolute atomic E-state index is 0.294. The van der Waals surface area contributed by atoms with Crippen molar-refractivity contribution in [3.05, 3.63) is 42.2 Å². The minimum Gasteiger partial charge on any atom is -0.454 e. The fourth-order valence-corrected chi connectivity index (χ4v) is 2.29. The van der Waals surface area contributed by atoms with Crippen molar-refractivity contribution in [1.29, 1.82) is 0 Å². The van der Waals surface area contributed by atoms with Crippen LogP contribution in [0.3, 0.4) is 0 Å². The van der Waals surface area contributed by atoms with Gasteiger partial charge in [0.15, 0.2) is 11.5 Å². The number of aromatic nitrogens is 2. The number of hydrogen-bond acceptors (Lipinski definition) is 4. The molecule has 0 saturated carbocycles. The summed E-state index contributed by atoms with van der Waals surface area (Å²) in [7, 11) is 0. The summed E-state index contributed by atoms with van der Waals surface area (Å²) in [5.74, 6) is 1.67. The molecular formula is C15H19N3O2. The Morgan fingerprint density at radius 3 is 3.10 bits per heavy atom. The number of nitrogens with zero attached hydrogens (tertiary/aromatic N) is 2. The number of ether oxygens (including phenoxy) is 2. The summed E-state index contributed by atoms with van der Waals surface area (Å²) in [5.41, 5.74) is 1.22. The van der Waals surface area contributed by atoms with Crippen LogP contribution in [0.2, 0.25) is 0 Å². The van der Waals surface area contributed by atoms with Gasteiger partial charge in [-0.05, 0) is 43.7 Å². The van der Waals surface area contributed by atoms with Gasteiger partial charge in [-0.3, -0.25) is 4.68 Å². The fraction of sp³-hybridized carbons (Fsp3) is 0.400. The molecule has 1 aromatic carbocycles. The molecule has 1 aliphatic rings. The second-order valence-electron chi connectivity index (χ2n) is 4.91. The van der Waals surface area contributed by atoms with Gasteiger partial charge in [-0.2, -0.15) is 5.10 Å². The SMILES string of the molecule is C[C@H](NCCCn1cccn1)c1ccc2c(c1)OCO2. The molecule has 2 heterocycles. The molecule has 1 N–H and O–H groups in total. The summed E-state index contributed by atoms with van der Waals surface area (Å²) < 4.78 is 12.7. The molecule has 0 radical (unpaired) electrons. The first kappa shape index (κ1) is 13.0. The zero-order valence-corrected chi connectivity index (χ0v) is 11.6. The molecule has 0 fully saturated rings. The van der Waals surface area contributed by atoms with Gasteiger partial charge in [0.05, 0.1) is 0 Å². The van der Waals surface area contributed by atoms with E-state index in [4.69, 9.17) is 9.47 Å². The predicted octanol–water partition coefficient (Wildman–Crippen LogP) is 2.35. The van der Waals surface area contributed by atoms with Crippen molar-refractivity contribution < 1.29 is 9.47 Å². The number of nitrogens with one attached hydrogen (secondary N) is 1. The summed E-state index contributed by atoms with van der Waals surface area (Å²) in [6.45, 7) is 4.37. The lowest BCUT2D eigenvalue weighted by Gasteiger charge is -2.14. The van der Waals surface area contributed by atoms with Crippen LogP contribution in [0.25, 0.3) is 0 Å².